The van der Waals surface area contributed by atoms with E-state index in [1.54, 1.807) is 6.20 Å². The van der Waals surface area contributed by atoms with Crippen molar-refractivity contribution in [2.45, 2.75) is 26.9 Å². The molecular formula is C13H15NO. The van der Waals surface area contributed by atoms with Gasteiger partial charge in [0.05, 0.1) is 11.6 Å². The maximum Gasteiger partial charge on any atom is 0.130 e. The number of nitrogens with zero attached hydrogens (tertiary/aromatic N) is 1. The average Bonchev–Trinajstić information content (AvgIpc) is 2.16. The number of fused-ring (bicyclic) bond motifs is 1. The van der Waals surface area contributed by atoms with Gasteiger partial charge in [0.15, 0.2) is 0 Å². The van der Waals surface area contributed by atoms with Crippen molar-refractivity contribution in [3.05, 3.63) is 36.0 Å². The van der Waals surface area contributed by atoms with Crippen LogP contribution in [0, 0.1) is 6.92 Å². The third-order valence-electron chi connectivity index (χ3n) is 2.22. The Balaban J connectivity index is 2.56. The van der Waals surface area contributed by atoms with Gasteiger partial charge in [0, 0.05) is 11.6 Å². The molecule has 15 heavy (non-hydrogen) atoms. The molecule has 0 aliphatic heterocycles. The van der Waals surface area contributed by atoms with Gasteiger partial charge in [-0.25, -0.2) is 0 Å². The lowest BCUT2D eigenvalue weighted by atomic mass is 10.1. The van der Waals surface area contributed by atoms with E-state index in [-0.39, 0.29) is 6.10 Å². The van der Waals surface area contributed by atoms with Crippen molar-refractivity contribution >= 4 is 10.9 Å². The zero-order chi connectivity index (χ0) is 10.8. The molecular weight excluding hydrogens is 186 g/mol. The van der Waals surface area contributed by atoms with Crippen molar-refractivity contribution in [2.75, 3.05) is 0 Å². The number of hydrogen-bond acceptors (Lipinski definition) is 2. The van der Waals surface area contributed by atoms with E-state index < -0.39 is 0 Å². The van der Waals surface area contributed by atoms with Crippen molar-refractivity contribution in [3.8, 4) is 5.75 Å². The van der Waals surface area contributed by atoms with Crippen LogP contribution >= 0.6 is 0 Å². The Morgan fingerprint density at radius 3 is 2.73 bits per heavy atom. The van der Waals surface area contributed by atoms with E-state index in [9.17, 15) is 0 Å². The zero-order valence-electron chi connectivity index (χ0n) is 9.32. The largest absolute Gasteiger partial charge is 0.490 e. The highest BCUT2D eigenvalue weighted by Gasteiger charge is 2.04. The smallest absolute Gasteiger partial charge is 0.130 e. The van der Waals surface area contributed by atoms with E-state index in [0.717, 1.165) is 16.7 Å². The van der Waals surface area contributed by atoms with Crippen LogP contribution in [0.2, 0.25) is 0 Å². The predicted molar refractivity (Wildman–Crippen MR) is 62.2 cm³/mol. The van der Waals surface area contributed by atoms with Crippen molar-refractivity contribution in [3.63, 3.8) is 0 Å². The molecule has 1 aromatic heterocycles. The van der Waals surface area contributed by atoms with Gasteiger partial charge in [-0.05, 0) is 44.5 Å². The number of hydrogen-bond donors (Lipinski definition) is 0. The number of ether oxygens (including phenoxy) is 1. The number of aromatic nitrogens is 1. The Hall–Kier alpha value is -1.57. The van der Waals surface area contributed by atoms with Gasteiger partial charge in [-0.2, -0.15) is 0 Å². The molecule has 1 heterocycles. The van der Waals surface area contributed by atoms with Crippen LogP contribution in [0.15, 0.2) is 30.5 Å². The molecule has 0 N–H and O–H groups in total. The molecule has 0 saturated carbocycles. The summed E-state index contributed by atoms with van der Waals surface area (Å²) >= 11 is 0. The third-order valence-corrected chi connectivity index (χ3v) is 2.22. The lowest BCUT2D eigenvalue weighted by Crippen LogP contribution is -2.05. The second-order valence-corrected chi connectivity index (χ2v) is 4.00. The highest BCUT2D eigenvalue weighted by molar-refractivity contribution is 5.85. The van der Waals surface area contributed by atoms with Gasteiger partial charge >= 0.3 is 0 Å². The van der Waals surface area contributed by atoms with Crippen molar-refractivity contribution < 1.29 is 4.74 Å². The highest BCUT2D eigenvalue weighted by atomic mass is 16.5. The maximum absolute atomic E-state index is 5.73. The SMILES string of the molecule is Cc1ccc2c(OC(C)C)ccnc2c1. The Kier molecular flexibility index (Phi) is 2.58. The summed E-state index contributed by atoms with van der Waals surface area (Å²) in [5.41, 5.74) is 2.21. The molecule has 0 fully saturated rings. The number of benzene rings is 1. The van der Waals surface area contributed by atoms with Gasteiger partial charge < -0.3 is 4.74 Å². The lowest BCUT2D eigenvalue weighted by molar-refractivity contribution is 0.245. The monoisotopic (exact) mass is 201 g/mol. The molecule has 0 radical (unpaired) electrons. The van der Waals surface area contributed by atoms with Gasteiger partial charge in [-0.1, -0.05) is 6.07 Å². The van der Waals surface area contributed by atoms with Crippen molar-refractivity contribution in [2.24, 2.45) is 0 Å². The van der Waals surface area contributed by atoms with Crippen LogP contribution in [-0.2, 0) is 0 Å². The fourth-order valence-corrected chi connectivity index (χ4v) is 1.59. The van der Waals surface area contributed by atoms with Gasteiger partial charge in [0.2, 0.25) is 0 Å². The summed E-state index contributed by atoms with van der Waals surface area (Å²) in [6.45, 7) is 6.12. The van der Waals surface area contributed by atoms with E-state index in [1.165, 1.54) is 5.56 Å². The third kappa shape index (κ3) is 2.09. The molecule has 0 unspecified atom stereocenters. The number of rotatable bonds is 2. The van der Waals surface area contributed by atoms with E-state index >= 15 is 0 Å². The molecule has 1 aromatic carbocycles. The van der Waals surface area contributed by atoms with Crippen LogP contribution in [-0.4, -0.2) is 11.1 Å². The van der Waals surface area contributed by atoms with Gasteiger partial charge in [0.1, 0.15) is 5.75 Å². The summed E-state index contributed by atoms with van der Waals surface area (Å²) in [7, 11) is 0. The van der Waals surface area contributed by atoms with Crippen LogP contribution in [0.4, 0.5) is 0 Å². The van der Waals surface area contributed by atoms with E-state index in [1.807, 2.05) is 19.9 Å². The quantitative estimate of drug-likeness (QED) is 0.743. The minimum atomic E-state index is 0.192. The van der Waals surface area contributed by atoms with Gasteiger partial charge in [0.25, 0.3) is 0 Å². The summed E-state index contributed by atoms with van der Waals surface area (Å²) in [6.07, 6.45) is 1.98. The summed E-state index contributed by atoms with van der Waals surface area (Å²) in [5.74, 6) is 0.912. The molecule has 2 nitrogen and oxygen atoms in total. The Bertz CT molecular complexity index is 477. The fraction of sp³-hybridized carbons (Fsp3) is 0.308. The summed E-state index contributed by atoms with van der Waals surface area (Å²) in [6, 6.07) is 8.13. The fourth-order valence-electron chi connectivity index (χ4n) is 1.59. The van der Waals surface area contributed by atoms with Crippen LogP contribution in [0.5, 0.6) is 5.75 Å². The molecule has 0 saturated heterocycles. The molecule has 0 spiro atoms. The van der Waals surface area contributed by atoms with Crippen molar-refractivity contribution in [1.29, 1.82) is 0 Å². The topological polar surface area (TPSA) is 22.1 Å². The number of aryl methyl sites for hydroxylation is 1. The molecule has 0 bridgehead atoms. The second-order valence-electron chi connectivity index (χ2n) is 4.00. The lowest BCUT2D eigenvalue weighted by Gasteiger charge is -2.11. The molecule has 2 aromatic rings. The minimum absolute atomic E-state index is 0.192. The van der Waals surface area contributed by atoms with Crippen molar-refractivity contribution in [1.82, 2.24) is 4.98 Å². The first kappa shape index (κ1) is 9.97. The first-order valence-electron chi connectivity index (χ1n) is 5.19. The van der Waals surface area contributed by atoms with Gasteiger partial charge in [-0.3, -0.25) is 4.98 Å². The Labute approximate surface area is 89.9 Å². The van der Waals surface area contributed by atoms with E-state index in [2.05, 4.69) is 30.1 Å². The first-order valence-corrected chi connectivity index (χ1v) is 5.19. The molecule has 78 valence electrons. The standard InChI is InChI=1S/C13H15NO/c1-9(2)15-13-6-7-14-12-8-10(3)4-5-11(12)13/h4-9H,1-3H3. The normalized spacial score (nSPS) is 10.9. The first-order chi connectivity index (χ1) is 7.16. The molecule has 0 atom stereocenters. The summed E-state index contributed by atoms with van der Waals surface area (Å²) < 4.78 is 5.73. The zero-order valence-corrected chi connectivity index (χ0v) is 9.32. The van der Waals surface area contributed by atoms with Crippen LogP contribution in [0.3, 0.4) is 0 Å². The van der Waals surface area contributed by atoms with E-state index in [4.69, 9.17) is 4.74 Å². The highest BCUT2D eigenvalue weighted by Crippen LogP contribution is 2.25. The Morgan fingerprint density at radius 2 is 2.00 bits per heavy atom. The minimum Gasteiger partial charge on any atom is -0.490 e. The van der Waals surface area contributed by atoms with Gasteiger partial charge in [-0.15, -0.1) is 0 Å². The summed E-state index contributed by atoms with van der Waals surface area (Å²) in [4.78, 5) is 4.33. The average molecular weight is 201 g/mol. The molecule has 2 heteroatoms. The molecule has 0 amide bonds. The second kappa shape index (κ2) is 3.89. The molecule has 0 aliphatic rings. The predicted octanol–water partition coefficient (Wildman–Crippen LogP) is 3.33. The Morgan fingerprint density at radius 1 is 1.20 bits per heavy atom. The maximum atomic E-state index is 5.73. The van der Waals surface area contributed by atoms with Crippen LogP contribution in [0.25, 0.3) is 10.9 Å². The summed E-state index contributed by atoms with van der Waals surface area (Å²) in [5, 5.41) is 1.08. The molecule has 0 aliphatic carbocycles. The van der Waals surface area contributed by atoms with E-state index in [0.29, 0.717) is 0 Å². The van der Waals surface area contributed by atoms with Crippen LogP contribution < -0.4 is 4.74 Å². The number of pyridine rings is 1. The van der Waals surface area contributed by atoms with Crippen LogP contribution in [0.1, 0.15) is 19.4 Å². The molecule has 2 rings (SSSR count).